The Morgan fingerprint density at radius 1 is 0.970 bits per heavy atom. The van der Waals surface area contributed by atoms with Gasteiger partial charge in [0.1, 0.15) is 18.1 Å². The summed E-state index contributed by atoms with van der Waals surface area (Å²) in [4.78, 5) is 12.4. The van der Waals surface area contributed by atoms with Gasteiger partial charge in [0.2, 0.25) is 5.91 Å². The third-order valence-corrected chi connectivity index (χ3v) is 6.34. The first-order valence-electron chi connectivity index (χ1n) is 9.41. The number of rotatable bonds is 7. The number of benzene rings is 3. The molecule has 6 nitrogen and oxygen atoms in total. The SMILES string of the molecule is COc1ccc(N(CC(=O)Nc2ccccc2C(F)(F)F)S(=O)(=O)c2ccc(F)cc2)cc1. The first kappa shape index (κ1) is 24.1. The van der Waals surface area contributed by atoms with Crippen LogP contribution in [0.15, 0.2) is 77.7 Å². The second-order valence-electron chi connectivity index (χ2n) is 6.76. The highest BCUT2D eigenvalue weighted by Crippen LogP contribution is 2.34. The van der Waals surface area contributed by atoms with Crippen molar-refractivity contribution >= 4 is 27.3 Å². The first-order chi connectivity index (χ1) is 15.5. The Kier molecular flexibility index (Phi) is 6.92. The quantitative estimate of drug-likeness (QED) is 0.496. The molecule has 11 heteroatoms. The summed E-state index contributed by atoms with van der Waals surface area (Å²) in [6.07, 6.45) is -4.72. The van der Waals surface area contributed by atoms with Crippen LogP contribution in [-0.2, 0) is 21.0 Å². The maximum atomic E-state index is 13.3. The fraction of sp³-hybridized carbons (Fsp3) is 0.136. The summed E-state index contributed by atoms with van der Waals surface area (Å²) < 4.78 is 85.2. The molecule has 0 aromatic heterocycles. The summed E-state index contributed by atoms with van der Waals surface area (Å²) >= 11 is 0. The molecule has 0 radical (unpaired) electrons. The van der Waals surface area contributed by atoms with E-state index in [1.165, 1.54) is 43.5 Å². The van der Waals surface area contributed by atoms with Crippen LogP contribution in [0.3, 0.4) is 0 Å². The maximum absolute atomic E-state index is 13.3. The monoisotopic (exact) mass is 482 g/mol. The Bertz CT molecular complexity index is 1230. The lowest BCUT2D eigenvalue weighted by molar-refractivity contribution is -0.137. The van der Waals surface area contributed by atoms with Gasteiger partial charge in [0, 0.05) is 0 Å². The van der Waals surface area contributed by atoms with Crippen molar-refractivity contribution in [1.29, 1.82) is 0 Å². The van der Waals surface area contributed by atoms with Crippen LogP contribution >= 0.6 is 0 Å². The topological polar surface area (TPSA) is 75.7 Å². The van der Waals surface area contributed by atoms with Crippen LogP contribution in [0.2, 0.25) is 0 Å². The number of para-hydroxylation sites is 1. The largest absolute Gasteiger partial charge is 0.497 e. The first-order valence-corrected chi connectivity index (χ1v) is 10.8. The molecule has 0 aliphatic rings. The Morgan fingerprint density at radius 3 is 2.15 bits per heavy atom. The fourth-order valence-corrected chi connectivity index (χ4v) is 4.38. The molecule has 0 bridgehead atoms. The highest BCUT2D eigenvalue weighted by Gasteiger charge is 2.34. The van der Waals surface area contributed by atoms with E-state index in [-0.39, 0.29) is 10.6 Å². The van der Waals surface area contributed by atoms with Crippen LogP contribution in [0.1, 0.15) is 5.56 Å². The third kappa shape index (κ3) is 5.61. The van der Waals surface area contributed by atoms with Crippen molar-refractivity contribution in [2.24, 2.45) is 0 Å². The Labute approximate surface area is 187 Å². The van der Waals surface area contributed by atoms with Gasteiger partial charge in [-0.05, 0) is 60.7 Å². The number of anilines is 2. The maximum Gasteiger partial charge on any atom is 0.418 e. The van der Waals surface area contributed by atoms with Gasteiger partial charge in [0.25, 0.3) is 10.0 Å². The number of carbonyl (C=O) groups is 1. The van der Waals surface area contributed by atoms with Crippen LogP contribution in [0.4, 0.5) is 28.9 Å². The predicted octanol–water partition coefficient (Wildman–Crippen LogP) is 4.69. The van der Waals surface area contributed by atoms with Gasteiger partial charge >= 0.3 is 6.18 Å². The van der Waals surface area contributed by atoms with E-state index >= 15 is 0 Å². The van der Waals surface area contributed by atoms with Crippen LogP contribution in [0, 0.1) is 5.82 Å². The van der Waals surface area contributed by atoms with Crippen LogP contribution in [0.5, 0.6) is 5.75 Å². The predicted molar refractivity (Wildman–Crippen MR) is 114 cm³/mol. The number of carbonyl (C=O) groups excluding carboxylic acids is 1. The van der Waals surface area contributed by atoms with Crippen LogP contribution < -0.4 is 14.4 Å². The van der Waals surface area contributed by atoms with Gasteiger partial charge in [-0.3, -0.25) is 9.10 Å². The fourth-order valence-electron chi connectivity index (χ4n) is 2.96. The summed E-state index contributed by atoms with van der Waals surface area (Å²) in [6, 6.07) is 13.9. The second-order valence-corrected chi connectivity index (χ2v) is 8.62. The van der Waals surface area contributed by atoms with Crippen LogP contribution in [-0.4, -0.2) is 28.0 Å². The molecule has 3 aromatic rings. The van der Waals surface area contributed by atoms with E-state index in [9.17, 15) is 30.8 Å². The molecule has 0 saturated heterocycles. The van der Waals surface area contributed by atoms with Gasteiger partial charge in [-0.15, -0.1) is 0 Å². The minimum absolute atomic E-state index is 0.0550. The lowest BCUT2D eigenvalue weighted by atomic mass is 10.1. The summed E-state index contributed by atoms with van der Waals surface area (Å²) in [5.74, 6) is -1.25. The van der Waals surface area contributed by atoms with Crippen LogP contribution in [0.25, 0.3) is 0 Å². The van der Waals surface area contributed by atoms with E-state index in [1.807, 2.05) is 0 Å². The van der Waals surface area contributed by atoms with Gasteiger partial charge in [0.05, 0.1) is 28.9 Å². The zero-order valence-corrected chi connectivity index (χ0v) is 18.0. The summed E-state index contributed by atoms with van der Waals surface area (Å²) in [5, 5.41) is 2.12. The van der Waals surface area contributed by atoms with Crippen molar-refractivity contribution in [3.05, 3.63) is 84.2 Å². The Hall–Kier alpha value is -3.60. The molecule has 1 N–H and O–H groups in total. The highest BCUT2D eigenvalue weighted by atomic mass is 32.2. The average Bonchev–Trinajstić information content (AvgIpc) is 2.77. The summed E-state index contributed by atoms with van der Waals surface area (Å²) in [5.41, 5.74) is -1.53. The highest BCUT2D eigenvalue weighted by molar-refractivity contribution is 7.92. The average molecular weight is 482 g/mol. The molecule has 3 aromatic carbocycles. The molecule has 3 rings (SSSR count). The van der Waals surface area contributed by atoms with E-state index < -0.39 is 45.7 Å². The number of alkyl halides is 3. The lowest BCUT2D eigenvalue weighted by Gasteiger charge is -2.24. The van der Waals surface area contributed by atoms with E-state index in [0.29, 0.717) is 10.1 Å². The zero-order chi connectivity index (χ0) is 24.2. The number of hydrogen-bond acceptors (Lipinski definition) is 4. The van der Waals surface area contributed by atoms with E-state index in [2.05, 4.69) is 5.32 Å². The molecule has 1 amide bonds. The van der Waals surface area contributed by atoms with Gasteiger partial charge in [0.15, 0.2) is 0 Å². The molecule has 0 spiro atoms. The second kappa shape index (κ2) is 9.49. The normalized spacial score (nSPS) is 11.7. The van der Waals surface area contributed by atoms with Gasteiger partial charge in [-0.25, -0.2) is 12.8 Å². The standard InChI is InChI=1S/C22H18F4N2O4S/c1-32-17-10-8-16(9-11-17)28(33(30,31)18-12-6-15(23)7-13-18)14-21(29)27-20-5-3-2-4-19(20)22(24,25)26/h2-13H,14H2,1H3,(H,27,29). The van der Waals surface area contributed by atoms with Crippen molar-refractivity contribution in [1.82, 2.24) is 0 Å². The van der Waals surface area contributed by atoms with E-state index in [4.69, 9.17) is 4.74 Å². The summed E-state index contributed by atoms with van der Waals surface area (Å²) in [6.45, 7) is -0.835. The number of halogens is 4. The molecule has 0 aliphatic heterocycles. The smallest absolute Gasteiger partial charge is 0.418 e. The van der Waals surface area contributed by atoms with Crippen molar-refractivity contribution < 1.29 is 35.5 Å². The number of methoxy groups -OCH3 is 1. The molecule has 0 saturated carbocycles. The van der Waals surface area contributed by atoms with E-state index in [0.717, 1.165) is 36.4 Å². The third-order valence-electron chi connectivity index (χ3n) is 4.56. The number of ether oxygens (including phenoxy) is 1. The van der Waals surface area contributed by atoms with Gasteiger partial charge in [-0.2, -0.15) is 13.2 Å². The van der Waals surface area contributed by atoms with Crippen molar-refractivity contribution in [3.63, 3.8) is 0 Å². The molecule has 0 unspecified atom stereocenters. The Morgan fingerprint density at radius 2 is 1.58 bits per heavy atom. The zero-order valence-electron chi connectivity index (χ0n) is 17.1. The lowest BCUT2D eigenvalue weighted by Crippen LogP contribution is -2.38. The molecule has 0 atom stereocenters. The number of sulfonamides is 1. The molecular formula is C22H18F4N2O4S. The van der Waals surface area contributed by atoms with Gasteiger partial charge < -0.3 is 10.1 Å². The molecule has 0 heterocycles. The molecule has 33 heavy (non-hydrogen) atoms. The number of hydrogen-bond donors (Lipinski definition) is 1. The van der Waals surface area contributed by atoms with Gasteiger partial charge in [-0.1, -0.05) is 12.1 Å². The molecular weight excluding hydrogens is 464 g/mol. The van der Waals surface area contributed by atoms with Crippen molar-refractivity contribution in [2.45, 2.75) is 11.1 Å². The van der Waals surface area contributed by atoms with Crippen molar-refractivity contribution in [2.75, 3.05) is 23.3 Å². The van der Waals surface area contributed by atoms with E-state index in [1.54, 1.807) is 0 Å². The Balaban J connectivity index is 1.96. The number of nitrogens with one attached hydrogen (secondary N) is 1. The summed E-state index contributed by atoms with van der Waals surface area (Å²) in [7, 11) is -2.96. The molecule has 174 valence electrons. The molecule has 0 fully saturated rings. The number of amides is 1. The molecule has 0 aliphatic carbocycles. The van der Waals surface area contributed by atoms with Crippen molar-refractivity contribution in [3.8, 4) is 5.75 Å². The minimum Gasteiger partial charge on any atom is -0.497 e. The minimum atomic E-state index is -4.72. The number of nitrogens with zero attached hydrogens (tertiary/aromatic N) is 1.